The summed E-state index contributed by atoms with van der Waals surface area (Å²) in [6, 6.07) is 13.0. The van der Waals surface area contributed by atoms with Gasteiger partial charge in [-0.1, -0.05) is 6.58 Å². The van der Waals surface area contributed by atoms with Crippen LogP contribution in [0.2, 0.25) is 0 Å². The summed E-state index contributed by atoms with van der Waals surface area (Å²) in [6.07, 6.45) is 4.33. The Hall–Kier alpha value is -3.41. The maximum absolute atomic E-state index is 12.1. The summed E-state index contributed by atoms with van der Waals surface area (Å²) in [6.45, 7) is 4.24. The Kier molecular flexibility index (Phi) is 8.46. The van der Waals surface area contributed by atoms with Crippen LogP contribution in [0, 0.1) is 0 Å². The van der Waals surface area contributed by atoms with Crippen molar-refractivity contribution >= 4 is 18.2 Å². The molecule has 2 aromatic rings. The lowest BCUT2D eigenvalue weighted by molar-refractivity contribution is -0.137. The van der Waals surface area contributed by atoms with E-state index in [-0.39, 0.29) is 0 Å². The van der Waals surface area contributed by atoms with Gasteiger partial charge in [-0.2, -0.15) is 0 Å². The fourth-order valence-corrected chi connectivity index (χ4v) is 2.27. The van der Waals surface area contributed by atoms with Crippen LogP contribution in [0.4, 0.5) is 0 Å². The Labute approximate surface area is 163 Å². The van der Waals surface area contributed by atoms with Crippen molar-refractivity contribution in [2.75, 3.05) is 13.2 Å². The molecule has 0 aliphatic rings. The number of benzene rings is 2. The van der Waals surface area contributed by atoms with E-state index in [1.54, 1.807) is 48.5 Å². The Balaban J connectivity index is 1.70. The molecule has 0 heterocycles. The standard InChI is InChI=1S/C22H22O6/c1-2-21(24)27-15-5-3-4-14-26-19-12-8-18(9-13-19)22(25)28-20-10-6-17(16-23)7-11-20/h2,6-13,16H,1,3-5,14-15H2. The highest BCUT2D eigenvalue weighted by Crippen LogP contribution is 2.16. The number of hydrogen-bond donors (Lipinski definition) is 0. The quantitative estimate of drug-likeness (QED) is 0.192. The summed E-state index contributed by atoms with van der Waals surface area (Å²) in [5.74, 6) is 0.131. The van der Waals surface area contributed by atoms with E-state index in [9.17, 15) is 14.4 Å². The molecule has 0 unspecified atom stereocenters. The SMILES string of the molecule is C=CC(=O)OCCCCCOc1ccc(C(=O)Oc2ccc(C=O)cc2)cc1. The monoisotopic (exact) mass is 382 g/mol. The molecule has 2 rings (SSSR count). The molecule has 6 heteroatoms. The highest BCUT2D eigenvalue weighted by Gasteiger charge is 2.09. The number of carbonyl (C=O) groups excluding carboxylic acids is 3. The Bertz CT molecular complexity index is 793. The molecule has 2 aromatic carbocycles. The van der Waals surface area contributed by atoms with Gasteiger partial charge >= 0.3 is 11.9 Å². The third-order valence-electron chi connectivity index (χ3n) is 3.79. The normalized spacial score (nSPS) is 10.0. The van der Waals surface area contributed by atoms with E-state index >= 15 is 0 Å². The Morgan fingerprint density at radius 1 is 0.857 bits per heavy atom. The molecule has 0 radical (unpaired) electrons. The van der Waals surface area contributed by atoms with Crippen LogP contribution >= 0.6 is 0 Å². The van der Waals surface area contributed by atoms with Gasteiger partial charge in [-0.15, -0.1) is 0 Å². The van der Waals surface area contributed by atoms with Crippen LogP contribution in [-0.2, 0) is 9.53 Å². The molecular formula is C22H22O6. The van der Waals surface area contributed by atoms with Crippen molar-refractivity contribution in [1.82, 2.24) is 0 Å². The van der Waals surface area contributed by atoms with Crippen LogP contribution in [0.25, 0.3) is 0 Å². The van der Waals surface area contributed by atoms with Gasteiger partial charge in [0.1, 0.15) is 17.8 Å². The lowest BCUT2D eigenvalue weighted by atomic mass is 10.2. The van der Waals surface area contributed by atoms with Crippen LogP contribution in [0.15, 0.2) is 61.2 Å². The molecule has 0 aliphatic carbocycles. The molecule has 0 amide bonds. The first kappa shape index (κ1) is 20.9. The van der Waals surface area contributed by atoms with Crippen LogP contribution in [0.1, 0.15) is 40.0 Å². The largest absolute Gasteiger partial charge is 0.494 e. The van der Waals surface area contributed by atoms with Crippen LogP contribution in [-0.4, -0.2) is 31.4 Å². The van der Waals surface area contributed by atoms with E-state index in [0.29, 0.717) is 35.8 Å². The summed E-state index contributed by atoms with van der Waals surface area (Å²) < 4.78 is 15.8. The second kappa shape index (κ2) is 11.3. The molecule has 0 aromatic heterocycles. The van der Waals surface area contributed by atoms with Gasteiger partial charge in [-0.25, -0.2) is 9.59 Å². The van der Waals surface area contributed by atoms with Gasteiger partial charge in [0.05, 0.1) is 18.8 Å². The molecule has 0 N–H and O–H groups in total. The number of esters is 2. The second-order valence-electron chi connectivity index (χ2n) is 5.88. The van der Waals surface area contributed by atoms with Crippen molar-refractivity contribution in [2.45, 2.75) is 19.3 Å². The molecule has 0 spiro atoms. The highest BCUT2D eigenvalue weighted by molar-refractivity contribution is 5.91. The fourth-order valence-electron chi connectivity index (χ4n) is 2.27. The molecule has 0 bridgehead atoms. The van der Waals surface area contributed by atoms with Gasteiger partial charge in [-0.3, -0.25) is 4.79 Å². The number of unbranched alkanes of at least 4 members (excludes halogenated alkanes) is 2. The van der Waals surface area contributed by atoms with Gasteiger partial charge < -0.3 is 14.2 Å². The third-order valence-corrected chi connectivity index (χ3v) is 3.79. The molecule has 0 saturated heterocycles. The third kappa shape index (κ3) is 7.07. The van der Waals surface area contributed by atoms with E-state index < -0.39 is 11.9 Å². The van der Waals surface area contributed by atoms with Crippen LogP contribution in [0.5, 0.6) is 11.5 Å². The van der Waals surface area contributed by atoms with Gasteiger partial charge in [0.25, 0.3) is 0 Å². The van der Waals surface area contributed by atoms with Crippen molar-refractivity contribution in [3.63, 3.8) is 0 Å². The number of ether oxygens (including phenoxy) is 3. The average Bonchev–Trinajstić information content (AvgIpc) is 2.73. The van der Waals surface area contributed by atoms with Crippen LogP contribution < -0.4 is 9.47 Å². The van der Waals surface area contributed by atoms with Crippen molar-refractivity contribution in [1.29, 1.82) is 0 Å². The summed E-state index contributed by atoms with van der Waals surface area (Å²) >= 11 is 0. The number of aldehydes is 1. The first-order valence-electron chi connectivity index (χ1n) is 8.92. The van der Waals surface area contributed by atoms with E-state index in [1.807, 2.05) is 0 Å². The van der Waals surface area contributed by atoms with Crippen molar-refractivity contribution in [3.05, 3.63) is 72.3 Å². The highest BCUT2D eigenvalue weighted by atomic mass is 16.5. The first-order valence-corrected chi connectivity index (χ1v) is 8.92. The van der Waals surface area contributed by atoms with Crippen molar-refractivity contribution < 1.29 is 28.6 Å². The lowest BCUT2D eigenvalue weighted by Crippen LogP contribution is -2.08. The zero-order chi connectivity index (χ0) is 20.2. The zero-order valence-corrected chi connectivity index (χ0v) is 15.5. The summed E-state index contributed by atoms with van der Waals surface area (Å²) in [4.78, 5) is 33.6. The summed E-state index contributed by atoms with van der Waals surface area (Å²) in [7, 11) is 0. The molecule has 28 heavy (non-hydrogen) atoms. The molecule has 0 atom stereocenters. The number of hydrogen-bond acceptors (Lipinski definition) is 6. The van der Waals surface area contributed by atoms with Gasteiger partial charge in [-0.05, 0) is 67.8 Å². The zero-order valence-electron chi connectivity index (χ0n) is 15.5. The van der Waals surface area contributed by atoms with Crippen molar-refractivity contribution in [3.8, 4) is 11.5 Å². The first-order chi connectivity index (χ1) is 13.6. The fraction of sp³-hybridized carbons (Fsp3) is 0.227. The van der Waals surface area contributed by atoms with Gasteiger partial charge in [0.2, 0.25) is 0 Å². The van der Waals surface area contributed by atoms with E-state index in [0.717, 1.165) is 31.6 Å². The smallest absolute Gasteiger partial charge is 0.343 e. The van der Waals surface area contributed by atoms with Crippen molar-refractivity contribution in [2.24, 2.45) is 0 Å². The molecule has 0 saturated carbocycles. The molecular weight excluding hydrogens is 360 g/mol. The molecule has 0 aliphatic heterocycles. The topological polar surface area (TPSA) is 78.9 Å². The van der Waals surface area contributed by atoms with Gasteiger partial charge in [0, 0.05) is 11.6 Å². The predicted molar refractivity (Wildman–Crippen MR) is 104 cm³/mol. The minimum absolute atomic E-state index is 0.370. The summed E-state index contributed by atoms with van der Waals surface area (Å²) in [5, 5.41) is 0. The minimum atomic E-state index is -0.487. The average molecular weight is 382 g/mol. The molecule has 146 valence electrons. The minimum Gasteiger partial charge on any atom is -0.494 e. The van der Waals surface area contributed by atoms with Gasteiger partial charge in [0.15, 0.2) is 0 Å². The maximum Gasteiger partial charge on any atom is 0.343 e. The predicted octanol–water partition coefficient (Wildman–Crippen LogP) is 4.00. The lowest BCUT2D eigenvalue weighted by Gasteiger charge is -2.08. The maximum atomic E-state index is 12.1. The Morgan fingerprint density at radius 3 is 2.14 bits per heavy atom. The Morgan fingerprint density at radius 2 is 1.50 bits per heavy atom. The number of carbonyl (C=O) groups is 3. The second-order valence-corrected chi connectivity index (χ2v) is 5.88. The van der Waals surface area contributed by atoms with Crippen LogP contribution in [0.3, 0.4) is 0 Å². The number of rotatable bonds is 11. The van der Waals surface area contributed by atoms with E-state index in [1.165, 1.54) is 0 Å². The van der Waals surface area contributed by atoms with E-state index in [2.05, 4.69) is 6.58 Å². The molecule has 6 nitrogen and oxygen atoms in total. The summed E-state index contributed by atoms with van der Waals surface area (Å²) in [5.41, 5.74) is 0.912. The molecule has 0 fully saturated rings. The van der Waals surface area contributed by atoms with E-state index in [4.69, 9.17) is 14.2 Å².